The summed E-state index contributed by atoms with van der Waals surface area (Å²) in [5, 5.41) is 7.09. The van der Waals surface area contributed by atoms with Crippen LogP contribution in [0.2, 0.25) is 15.1 Å². The van der Waals surface area contributed by atoms with Crippen LogP contribution in [-0.4, -0.2) is 23.4 Å². The highest BCUT2D eigenvalue weighted by atomic mass is 35.5. The van der Waals surface area contributed by atoms with Gasteiger partial charge in [0.05, 0.1) is 20.3 Å². The molecule has 2 N–H and O–H groups in total. The van der Waals surface area contributed by atoms with Gasteiger partial charge >= 0.3 is 0 Å². The number of carbonyl (C=O) groups is 2. The lowest BCUT2D eigenvalue weighted by Crippen LogP contribution is -2.20. The topological polar surface area (TPSA) is 80.3 Å². The molecule has 2 amide bonds. The highest BCUT2D eigenvalue weighted by molar-refractivity contribution is 7.22. The second-order valence-electron chi connectivity index (χ2n) is 6.86. The molecule has 0 bridgehead atoms. The van der Waals surface area contributed by atoms with E-state index in [2.05, 4.69) is 15.6 Å². The van der Waals surface area contributed by atoms with Gasteiger partial charge in [0.15, 0.2) is 17.5 Å². The molecule has 1 aromatic heterocycles. The molecule has 0 fully saturated rings. The van der Waals surface area contributed by atoms with E-state index < -0.39 is 0 Å². The van der Waals surface area contributed by atoms with Crippen LogP contribution >= 0.6 is 46.1 Å². The van der Waals surface area contributed by atoms with Crippen molar-refractivity contribution in [2.24, 2.45) is 0 Å². The molecule has 3 rings (SSSR count). The van der Waals surface area contributed by atoms with Crippen molar-refractivity contribution in [2.75, 3.05) is 17.2 Å². The molecule has 31 heavy (non-hydrogen) atoms. The summed E-state index contributed by atoms with van der Waals surface area (Å²) in [6.45, 7) is 5.17. The molecule has 6 nitrogen and oxygen atoms in total. The second-order valence-corrected chi connectivity index (χ2v) is 9.02. The summed E-state index contributed by atoms with van der Waals surface area (Å²) in [6, 6.07) is 5.29. The maximum absolute atomic E-state index is 12.4. The number of hydrogen-bond donors (Lipinski definition) is 2. The van der Waals surface area contributed by atoms with Gasteiger partial charge in [-0.1, -0.05) is 53.1 Å². The molecule has 0 unspecified atom stereocenters. The average molecular weight is 501 g/mol. The number of halogens is 3. The summed E-state index contributed by atoms with van der Waals surface area (Å²) >= 11 is 20.1. The Morgan fingerprint density at radius 2 is 1.71 bits per heavy atom. The fourth-order valence-corrected chi connectivity index (χ4v) is 4.58. The molecular formula is C21H20Cl3N3O3S. The molecule has 0 spiro atoms. The smallest absolute Gasteiger partial charge is 0.262 e. The fourth-order valence-electron chi connectivity index (χ4n) is 2.84. The van der Waals surface area contributed by atoms with Gasteiger partial charge in [0.25, 0.3) is 5.91 Å². The van der Waals surface area contributed by atoms with E-state index in [0.29, 0.717) is 33.4 Å². The van der Waals surface area contributed by atoms with Crippen LogP contribution in [0.3, 0.4) is 0 Å². The minimum atomic E-state index is -0.377. The molecule has 0 saturated carbocycles. The molecule has 0 aliphatic heterocycles. The van der Waals surface area contributed by atoms with Crippen molar-refractivity contribution < 1.29 is 14.3 Å². The Balaban J connectivity index is 1.68. The van der Waals surface area contributed by atoms with Gasteiger partial charge in [-0.15, -0.1) is 0 Å². The first kappa shape index (κ1) is 23.6. The Kier molecular flexibility index (Phi) is 7.64. The summed E-state index contributed by atoms with van der Waals surface area (Å²) < 4.78 is 6.42. The van der Waals surface area contributed by atoms with Crippen molar-refractivity contribution >= 4 is 79.0 Å². The number of amides is 2. The van der Waals surface area contributed by atoms with Crippen LogP contribution in [-0.2, 0) is 9.59 Å². The fraction of sp³-hybridized carbons (Fsp3) is 0.286. The zero-order chi connectivity index (χ0) is 22.7. The van der Waals surface area contributed by atoms with Crippen LogP contribution in [0, 0.1) is 13.8 Å². The molecule has 3 aromatic rings. The molecule has 1 heterocycles. The Bertz CT molecular complexity index is 1130. The van der Waals surface area contributed by atoms with E-state index in [-0.39, 0.29) is 34.2 Å². The number of thiazole rings is 1. The maximum Gasteiger partial charge on any atom is 0.262 e. The van der Waals surface area contributed by atoms with Gasteiger partial charge in [-0.05, 0) is 49.6 Å². The molecule has 164 valence electrons. The number of nitrogens with one attached hydrogen (secondary N) is 2. The third-order valence-corrected chi connectivity index (χ3v) is 6.87. The standard InChI is InChI=1S/C21H20Cl3N3O3S/c1-4-5-15(28)27-21-26-13-7-6-12(8-14(13)31-21)25-16(29)9-30-20-18(23)10(2)17(22)11(3)19(20)24/h6-8H,4-5,9H2,1-3H3,(H,25,29)(H,26,27,28). The zero-order valence-corrected chi connectivity index (χ0v) is 20.2. The summed E-state index contributed by atoms with van der Waals surface area (Å²) in [5.74, 6) is -0.224. The number of ether oxygens (including phenoxy) is 1. The number of nitrogens with zero attached hydrogens (tertiary/aromatic N) is 1. The van der Waals surface area contributed by atoms with Gasteiger partial charge < -0.3 is 15.4 Å². The van der Waals surface area contributed by atoms with Crippen molar-refractivity contribution in [2.45, 2.75) is 33.6 Å². The van der Waals surface area contributed by atoms with E-state index in [4.69, 9.17) is 39.5 Å². The largest absolute Gasteiger partial charge is 0.481 e. The number of rotatable bonds is 7. The van der Waals surface area contributed by atoms with Crippen LogP contribution in [0.25, 0.3) is 10.2 Å². The van der Waals surface area contributed by atoms with E-state index in [1.807, 2.05) is 6.92 Å². The van der Waals surface area contributed by atoms with Gasteiger partial charge in [0.2, 0.25) is 5.91 Å². The monoisotopic (exact) mass is 499 g/mol. The van der Waals surface area contributed by atoms with E-state index >= 15 is 0 Å². The van der Waals surface area contributed by atoms with Gasteiger partial charge in [-0.25, -0.2) is 4.98 Å². The minimum absolute atomic E-state index is 0.0720. The maximum atomic E-state index is 12.4. The van der Waals surface area contributed by atoms with Crippen LogP contribution < -0.4 is 15.4 Å². The van der Waals surface area contributed by atoms with Crippen molar-refractivity contribution in [3.63, 3.8) is 0 Å². The minimum Gasteiger partial charge on any atom is -0.481 e. The SMILES string of the molecule is CCCC(=O)Nc1nc2ccc(NC(=O)COc3c(Cl)c(C)c(Cl)c(C)c3Cl)cc2s1. The third-order valence-electron chi connectivity index (χ3n) is 4.46. The van der Waals surface area contributed by atoms with E-state index in [1.54, 1.807) is 32.0 Å². The predicted octanol–water partition coefficient (Wildman–Crippen LogP) is 6.63. The van der Waals surface area contributed by atoms with Crippen LogP contribution in [0.15, 0.2) is 18.2 Å². The van der Waals surface area contributed by atoms with Gasteiger partial charge in [-0.3, -0.25) is 9.59 Å². The summed E-state index contributed by atoms with van der Waals surface area (Å²) in [4.78, 5) is 28.5. The van der Waals surface area contributed by atoms with Crippen LogP contribution in [0.1, 0.15) is 30.9 Å². The van der Waals surface area contributed by atoms with Crippen LogP contribution in [0.5, 0.6) is 5.75 Å². The quantitative estimate of drug-likeness (QED) is 0.381. The normalized spacial score (nSPS) is 10.9. The molecule has 10 heteroatoms. The number of anilines is 2. The molecular weight excluding hydrogens is 481 g/mol. The number of fused-ring (bicyclic) bond motifs is 1. The Hall–Kier alpha value is -2.06. The lowest BCUT2D eigenvalue weighted by Gasteiger charge is -2.15. The Labute approximate surface area is 198 Å². The number of carbonyl (C=O) groups excluding carboxylic acids is 2. The summed E-state index contributed by atoms with van der Waals surface area (Å²) in [5.41, 5.74) is 2.59. The first-order chi connectivity index (χ1) is 14.7. The van der Waals surface area contributed by atoms with Crippen molar-refractivity contribution in [3.05, 3.63) is 44.4 Å². The molecule has 0 aliphatic rings. The molecule has 0 aliphatic carbocycles. The number of hydrogen-bond acceptors (Lipinski definition) is 5. The number of aromatic nitrogens is 1. The summed E-state index contributed by atoms with van der Waals surface area (Å²) in [6.07, 6.45) is 1.21. The number of benzene rings is 2. The van der Waals surface area contributed by atoms with Gasteiger partial charge in [0, 0.05) is 17.1 Å². The molecule has 2 aromatic carbocycles. The zero-order valence-electron chi connectivity index (χ0n) is 17.1. The van der Waals surface area contributed by atoms with Gasteiger partial charge in [0.1, 0.15) is 0 Å². The molecule has 0 radical (unpaired) electrons. The third kappa shape index (κ3) is 5.41. The highest BCUT2D eigenvalue weighted by Gasteiger charge is 2.19. The van der Waals surface area contributed by atoms with Crippen molar-refractivity contribution in [1.82, 2.24) is 4.98 Å². The van der Waals surface area contributed by atoms with E-state index in [1.165, 1.54) is 11.3 Å². The molecule has 0 saturated heterocycles. The first-order valence-corrected chi connectivity index (χ1v) is 11.4. The lowest BCUT2D eigenvalue weighted by molar-refractivity contribution is -0.118. The second kappa shape index (κ2) is 10.0. The Morgan fingerprint density at radius 1 is 1.03 bits per heavy atom. The van der Waals surface area contributed by atoms with E-state index in [0.717, 1.165) is 16.6 Å². The lowest BCUT2D eigenvalue weighted by atomic mass is 10.1. The Morgan fingerprint density at radius 3 is 2.35 bits per heavy atom. The van der Waals surface area contributed by atoms with Crippen molar-refractivity contribution in [3.8, 4) is 5.75 Å². The first-order valence-electron chi connectivity index (χ1n) is 9.48. The van der Waals surface area contributed by atoms with Crippen LogP contribution in [0.4, 0.5) is 10.8 Å². The average Bonchev–Trinajstić information content (AvgIpc) is 3.12. The predicted molar refractivity (Wildman–Crippen MR) is 128 cm³/mol. The highest BCUT2D eigenvalue weighted by Crippen LogP contribution is 2.42. The van der Waals surface area contributed by atoms with Gasteiger partial charge in [-0.2, -0.15) is 0 Å². The van der Waals surface area contributed by atoms with Crippen molar-refractivity contribution in [1.29, 1.82) is 0 Å². The molecule has 0 atom stereocenters. The van der Waals surface area contributed by atoms with E-state index in [9.17, 15) is 9.59 Å². The summed E-state index contributed by atoms with van der Waals surface area (Å²) in [7, 11) is 0.